The van der Waals surface area contributed by atoms with Gasteiger partial charge in [0.15, 0.2) is 5.82 Å². The summed E-state index contributed by atoms with van der Waals surface area (Å²) in [5.74, 6) is 0.769. The third-order valence-corrected chi connectivity index (χ3v) is 5.26. The van der Waals surface area contributed by atoms with E-state index in [4.69, 9.17) is 27.9 Å². The zero-order chi connectivity index (χ0) is 22.0. The summed E-state index contributed by atoms with van der Waals surface area (Å²) >= 11 is 12.3. The normalized spacial score (nSPS) is 10.7. The van der Waals surface area contributed by atoms with Crippen LogP contribution in [-0.4, -0.2) is 27.8 Å². The predicted molar refractivity (Wildman–Crippen MR) is 122 cm³/mol. The molecule has 156 valence electrons. The molecule has 0 radical (unpaired) electrons. The molecule has 0 aliphatic rings. The first kappa shape index (κ1) is 20.9. The summed E-state index contributed by atoms with van der Waals surface area (Å²) in [6.07, 6.45) is 0. The SMILES string of the molecule is COc1ccc(-n2nc(C(=O)Nc3c(C)cccc3Cl)nc2-c2ccc(Cl)cc2)cc1. The summed E-state index contributed by atoms with van der Waals surface area (Å²) in [7, 11) is 1.60. The Morgan fingerprint density at radius 2 is 1.71 bits per heavy atom. The van der Waals surface area contributed by atoms with E-state index in [0.29, 0.717) is 27.3 Å². The number of carbonyl (C=O) groups excluding carboxylic acids is 1. The van der Waals surface area contributed by atoms with Gasteiger partial charge in [0.25, 0.3) is 5.91 Å². The van der Waals surface area contributed by atoms with Crippen molar-refractivity contribution in [2.24, 2.45) is 0 Å². The molecule has 0 atom stereocenters. The Hall–Kier alpha value is -3.35. The van der Waals surface area contributed by atoms with Crippen molar-refractivity contribution in [1.82, 2.24) is 14.8 Å². The molecule has 0 saturated heterocycles. The molecule has 8 heteroatoms. The van der Waals surface area contributed by atoms with Crippen LogP contribution in [0.15, 0.2) is 66.7 Å². The maximum absolute atomic E-state index is 13.0. The van der Waals surface area contributed by atoms with Gasteiger partial charge in [-0.1, -0.05) is 35.3 Å². The first-order valence-corrected chi connectivity index (χ1v) is 10.2. The van der Waals surface area contributed by atoms with E-state index in [1.54, 1.807) is 30.0 Å². The summed E-state index contributed by atoms with van der Waals surface area (Å²) in [6.45, 7) is 1.87. The fourth-order valence-corrected chi connectivity index (χ4v) is 3.45. The molecule has 1 N–H and O–H groups in total. The largest absolute Gasteiger partial charge is 0.497 e. The zero-order valence-corrected chi connectivity index (χ0v) is 18.3. The van der Waals surface area contributed by atoms with E-state index >= 15 is 0 Å². The van der Waals surface area contributed by atoms with Crippen LogP contribution in [0, 0.1) is 6.92 Å². The van der Waals surface area contributed by atoms with Crippen LogP contribution >= 0.6 is 23.2 Å². The molecular formula is C23H18Cl2N4O2. The number of hydrogen-bond donors (Lipinski definition) is 1. The molecule has 1 heterocycles. The lowest BCUT2D eigenvalue weighted by molar-refractivity contribution is 0.101. The number of anilines is 1. The lowest BCUT2D eigenvalue weighted by atomic mass is 10.2. The van der Waals surface area contributed by atoms with E-state index in [-0.39, 0.29) is 5.82 Å². The van der Waals surface area contributed by atoms with Crippen LogP contribution in [0.4, 0.5) is 5.69 Å². The number of hydrogen-bond acceptors (Lipinski definition) is 4. The summed E-state index contributed by atoms with van der Waals surface area (Å²) in [6, 6.07) is 19.9. The fourth-order valence-electron chi connectivity index (χ4n) is 3.06. The van der Waals surface area contributed by atoms with Gasteiger partial charge in [0, 0.05) is 10.6 Å². The number of carbonyl (C=O) groups is 1. The van der Waals surface area contributed by atoms with E-state index in [2.05, 4.69) is 15.4 Å². The Morgan fingerprint density at radius 1 is 1.00 bits per heavy atom. The second kappa shape index (κ2) is 8.79. The van der Waals surface area contributed by atoms with Crippen molar-refractivity contribution in [2.75, 3.05) is 12.4 Å². The van der Waals surface area contributed by atoms with Gasteiger partial charge in [-0.3, -0.25) is 4.79 Å². The number of benzene rings is 3. The first-order valence-electron chi connectivity index (χ1n) is 9.40. The molecule has 0 aliphatic carbocycles. The van der Waals surface area contributed by atoms with Crippen molar-refractivity contribution in [3.8, 4) is 22.8 Å². The highest BCUT2D eigenvalue weighted by Crippen LogP contribution is 2.27. The van der Waals surface area contributed by atoms with Crippen LogP contribution in [0.2, 0.25) is 10.0 Å². The van der Waals surface area contributed by atoms with Gasteiger partial charge in [-0.05, 0) is 67.1 Å². The fraction of sp³-hybridized carbons (Fsp3) is 0.0870. The lowest BCUT2D eigenvalue weighted by Gasteiger charge is -2.08. The van der Waals surface area contributed by atoms with E-state index in [0.717, 1.165) is 16.8 Å². The Morgan fingerprint density at radius 3 is 2.35 bits per heavy atom. The van der Waals surface area contributed by atoms with E-state index < -0.39 is 5.91 Å². The second-order valence-electron chi connectivity index (χ2n) is 6.76. The molecule has 0 spiro atoms. The average molecular weight is 453 g/mol. The smallest absolute Gasteiger partial charge is 0.295 e. The van der Waals surface area contributed by atoms with E-state index in [9.17, 15) is 4.79 Å². The maximum atomic E-state index is 13.0. The number of nitrogens with one attached hydrogen (secondary N) is 1. The molecule has 31 heavy (non-hydrogen) atoms. The molecule has 0 fully saturated rings. The molecular weight excluding hydrogens is 435 g/mol. The van der Waals surface area contributed by atoms with E-state index in [1.165, 1.54) is 0 Å². The summed E-state index contributed by atoms with van der Waals surface area (Å²) in [4.78, 5) is 17.5. The van der Waals surface area contributed by atoms with Gasteiger partial charge in [-0.15, -0.1) is 5.10 Å². The van der Waals surface area contributed by atoms with Crippen LogP contribution in [0.1, 0.15) is 16.2 Å². The maximum Gasteiger partial charge on any atom is 0.295 e. The standard InChI is InChI=1S/C23H18Cl2N4O2/c1-14-4-3-5-19(25)20(14)26-23(30)21-27-22(15-6-8-16(24)9-7-15)29(28-21)17-10-12-18(31-2)13-11-17/h3-13H,1-2H3,(H,26,30). The molecule has 0 saturated carbocycles. The first-order chi connectivity index (χ1) is 15.0. The monoisotopic (exact) mass is 452 g/mol. The summed E-state index contributed by atoms with van der Waals surface area (Å²) in [5.41, 5.74) is 2.86. The molecule has 1 amide bonds. The average Bonchev–Trinajstić information content (AvgIpc) is 3.22. The summed E-state index contributed by atoms with van der Waals surface area (Å²) in [5, 5.41) is 8.33. The molecule has 0 bridgehead atoms. The Kier molecular flexibility index (Phi) is 5.93. The Bertz CT molecular complexity index is 1220. The molecule has 4 aromatic rings. The number of methoxy groups -OCH3 is 1. The second-order valence-corrected chi connectivity index (χ2v) is 7.61. The van der Waals surface area contributed by atoms with Gasteiger partial charge >= 0.3 is 0 Å². The zero-order valence-electron chi connectivity index (χ0n) is 16.8. The Labute approximate surface area is 189 Å². The van der Waals surface area contributed by atoms with Crippen molar-refractivity contribution in [2.45, 2.75) is 6.92 Å². The van der Waals surface area contributed by atoms with Crippen LogP contribution in [0.5, 0.6) is 5.75 Å². The highest BCUT2D eigenvalue weighted by molar-refractivity contribution is 6.34. The van der Waals surface area contributed by atoms with Crippen molar-refractivity contribution < 1.29 is 9.53 Å². The van der Waals surface area contributed by atoms with Crippen LogP contribution in [0.25, 0.3) is 17.1 Å². The molecule has 6 nitrogen and oxygen atoms in total. The number of halogens is 2. The highest BCUT2D eigenvalue weighted by Gasteiger charge is 2.20. The Balaban J connectivity index is 1.76. The van der Waals surface area contributed by atoms with Crippen LogP contribution in [0.3, 0.4) is 0 Å². The van der Waals surface area contributed by atoms with Crippen molar-refractivity contribution in [3.05, 3.63) is 88.2 Å². The van der Waals surface area contributed by atoms with Gasteiger partial charge < -0.3 is 10.1 Å². The number of para-hydroxylation sites is 1. The van der Waals surface area contributed by atoms with Gasteiger partial charge in [-0.2, -0.15) is 0 Å². The predicted octanol–water partition coefficient (Wildman–Crippen LogP) is 5.81. The third kappa shape index (κ3) is 4.40. The van der Waals surface area contributed by atoms with Crippen LogP contribution < -0.4 is 10.1 Å². The number of aromatic nitrogens is 3. The minimum absolute atomic E-state index is 0.0140. The van der Waals surface area contributed by atoms with Crippen LogP contribution in [-0.2, 0) is 0 Å². The van der Waals surface area contributed by atoms with Crippen molar-refractivity contribution in [3.63, 3.8) is 0 Å². The molecule has 1 aromatic heterocycles. The molecule has 0 unspecified atom stereocenters. The summed E-state index contributed by atoms with van der Waals surface area (Å²) < 4.78 is 6.84. The molecule has 3 aromatic carbocycles. The van der Waals surface area contributed by atoms with Crippen molar-refractivity contribution in [1.29, 1.82) is 0 Å². The number of amides is 1. The molecule has 0 aliphatic heterocycles. The van der Waals surface area contributed by atoms with Gasteiger partial charge in [-0.25, -0.2) is 9.67 Å². The quantitative estimate of drug-likeness (QED) is 0.414. The number of aryl methyl sites for hydroxylation is 1. The number of nitrogens with zero attached hydrogens (tertiary/aromatic N) is 3. The molecule has 4 rings (SSSR count). The topological polar surface area (TPSA) is 69.0 Å². The minimum atomic E-state index is -0.460. The highest BCUT2D eigenvalue weighted by atomic mass is 35.5. The number of rotatable bonds is 5. The lowest BCUT2D eigenvalue weighted by Crippen LogP contribution is -2.15. The number of ether oxygens (including phenoxy) is 1. The van der Waals surface area contributed by atoms with E-state index in [1.807, 2.05) is 55.5 Å². The third-order valence-electron chi connectivity index (χ3n) is 4.69. The minimum Gasteiger partial charge on any atom is -0.497 e. The van der Waals surface area contributed by atoms with Gasteiger partial charge in [0.2, 0.25) is 5.82 Å². The van der Waals surface area contributed by atoms with Gasteiger partial charge in [0.05, 0.1) is 23.5 Å². The van der Waals surface area contributed by atoms with Crippen molar-refractivity contribution >= 4 is 34.8 Å². The van der Waals surface area contributed by atoms with Gasteiger partial charge in [0.1, 0.15) is 5.75 Å².